The highest BCUT2D eigenvalue weighted by molar-refractivity contribution is 6.11. The molecule has 228 valence electrons. The molecule has 4 heterocycles. The van der Waals surface area contributed by atoms with Gasteiger partial charge in [0.05, 0.1) is 27.6 Å². The van der Waals surface area contributed by atoms with Crippen LogP contribution in [0.1, 0.15) is 0 Å². The molecule has 11 aromatic rings. The van der Waals surface area contributed by atoms with Gasteiger partial charge in [0, 0.05) is 26.9 Å². The minimum absolute atomic E-state index is 0.822. The minimum Gasteiger partial charge on any atom is -0.456 e. The standard InChI is InChI=1S/C44H26N4O/c1-4-12-36-34(11-1)43-45-37-13-5-7-15-39(37)48(43)44(46-36)47-38-14-6-2-9-31(38)32-23-21-30(26-40(32)47)28-19-17-27(18-20-28)29-22-24-42-35(25-29)33-10-3-8-16-41(33)49-42/h1-26H. The Bertz CT molecular complexity index is 3110. The van der Waals surface area contributed by atoms with Crippen molar-refractivity contribution in [3.63, 3.8) is 0 Å². The van der Waals surface area contributed by atoms with Crippen molar-refractivity contribution < 1.29 is 4.42 Å². The van der Waals surface area contributed by atoms with E-state index in [1.54, 1.807) is 0 Å². The van der Waals surface area contributed by atoms with Gasteiger partial charge in [-0.15, -0.1) is 0 Å². The molecule has 0 amide bonds. The van der Waals surface area contributed by atoms with Gasteiger partial charge in [-0.05, 0) is 76.9 Å². The predicted molar refractivity (Wildman–Crippen MR) is 200 cm³/mol. The van der Waals surface area contributed by atoms with Gasteiger partial charge in [0.15, 0.2) is 0 Å². The summed E-state index contributed by atoms with van der Waals surface area (Å²) in [7, 11) is 0. The topological polar surface area (TPSA) is 48.3 Å². The summed E-state index contributed by atoms with van der Waals surface area (Å²) in [6.07, 6.45) is 0. The Morgan fingerprint density at radius 3 is 1.82 bits per heavy atom. The molecule has 0 atom stereocenters. The fraction of sp³-hybridized carbons (Fsp3) is 0. The molecule has 0 N–H and O–H groups in total. The van der Waals surface area contributed by atoms with E-state index in [2.05, 4.69) is 142 Å². The highest BCUT2D eigenvalue weighted by Crippen LogP contribution is 2.37. The van der Waals surface area contributed by atoms with Crippen molar-refractivity contribution in [2.24, 2.45) is 0 Å². The van der Waals surface area contributed by atoms with Crippen molar-refractivity contribution in [3.8, 4) is 28.2 Å². The number of imidazole rings is 1. The maximum atomic E-state index is 6.07. The largest absolute Gasteiger partial charge is 0.456 e. The first kappa shape index (κ1) is 26.4. The Kier molecular flexibility index (Phi) is 5.32. The van der Waals surface area contributed by atoms with E-state index in [9.17, 15) is 0 Å². The van der Waals surface area contributed by atoms with Crippen molar-refractivity contribution in [1.29, 1.82) is 0 Å². The molecule has 0 aliphatic heterocycles. The van der Waals surface area contributed by atoms with E-state index in [0.717, 1.165) is 77.6 Å². The van der Waals surface area contributed by atoms with Crippen LogP contribution >= 0.6 is 0 Å². The molecule has 0 radical (unpaired) electrons. The highest BCUT2D eigenvalue weighted by Gasteiger charge is 2.20. The van der Waals surface area contributed by atoms with E-state index in [1.165, 1.54) is 21.9 Å². The van der Waals surface area contributed by atoms with E-state index >= 15 is 0 Å². The quantitative estimate of drug-likeness (QED) is 0.196. The molecule has 5 heteroatoms. The van der Waals surface area contributed by atoms with Gasteiger partial charge in [-0.1, -0.05) is 103 Å². The fourth-order valence-electron chi connectivity index (χ4n) is 7.60. The molecular formula is C44H26N4O. The van der Waals surface area contributed by atoms with Crippen molar-refractivity contribution >= 4 is 71.3 Å². The van der Waals surface area contributed by atoms with E-state index in [-0.39, 0.29) is 0 Å². The molecule has 0 saturated carbocycles. The maximum absolute atomic E-state index is 6.07. The number of rotatable bonds is 3. The molecule has 4 aromatic heterocycles. The smallest absolute Gasteiger partial charge is 0.221 e. The lowest BCUT2D eigenvalue weighted by atomic mass is 9.98. The first-order valence-corrected chi connectivity index (χ1v) is 16.5. The Hall–Kier alpha value is -6.72. The number of benzene rings is 7. The van der Waals surface area contributed by atoms with Crippen molar-refractivity contribution in [2.75, 3.05) is 0 Å². The van der Waals surface area contributed by atoms with Crippen LogP contribution in [0.15, 0.2) is 162 Å². The Balaban J connectivity index is 1.11. The van der Waals surface area contributed by atoms with E-state index in [0.29, 0.717) is 0 Å². The van der Waals surface area contributed by atoms with Crippen molar-refractivity contribution in [3.05, 3.63) is 158 Å². The minimum atomic E-state index is 0.822. The summed E-state index contributed by atoms with van der Waals surface area (Å²) in [4.78, 5) is 10.4. The lowest BCUT2D eigenvalue weighted by Crippen LogP contribution is -2.06. The predicted octanol–water partition coefficient (Wildman–Crippen LogP) is 11.4. The summed E-state index contributed by atoms with van der Waals surface area (Å²) in [6, 6.07) is 55.5. The highest BCUT2D eigenvalue weighted by atomic mass is 16.3. The van der Waals surface area contributed by atoms with Gasteiger partial charge >= 0.3 is 0 Å². The number of para-hydroxylation sites is 5. The number of hydrogen-bond acceptors (Lipinski definition) is 3. The third-order valence-corrected chi connectivity index (χ3v) is 9.93. The first-order valence-electron chi connectivity index (χ1n) is 16.5. The number of furan rings is 1. The van der Waals surface area contributed by atoms with Gasteiger partial charge in [-0.25, -0.2) is 9.97 Å². The lowest BCUT2D eigenvalue weighted by molar-refractivity contribution is 0.669. The number of nitrogens with zero attached hydrogens (tertiary/aromatic N) is 4. The summed E-state index contributed by atoms with van der Waals surface area (Å²) in [5.74, 6) is 0.822. The summed E-state index contributed by atoms with van der Waals surface area (Å²) in [5, 5.41) is 5.68. The average Bonchev–Trinajstić information content (AvgIpc) is 3.84. The van der Waals surface area contributed by atoms with Gasteiger partial charge in [-0.3, -0.25) is 8.97 Å². The molecule has 49 heavy (non-hydrogen) atoms. The molecule has 11 rings (SSSR count). The maximum Gasteiger partial charge on any atom is 0.221 e. The second-order valence-corrected chi connectivity index (χ2v) is 12.7. The van der Waals surface area contributed by atoms with Crippen molar-refractivity contribution in [2.45, 2.75) is 0 Å². The van der Waals surface area contributed by atoms with Gasteiger partial charge < -0.3 is 4.42 Å². The van der Waals surface area contributed by atoms with Crippen LogP contribution in [-0.2, 0) is 0 Å². The summed E-state index contributed by atoms with van der Waals surface area (Å²) >= 11 is 0. The van der Waals surface area contributed by atoms with Crippen LogP contribution in [0.5, 0.6) is 0 Å². The molecule has 0 aliphatic rings. The average molecular weight is 627 g/mol. The van der Waals surface area contributed by atoms with Crippen LogP contribution in [0.3, 0.4) is 0 Å². The van der Waals surface area contributed by atoms with Gasteiger partial charge in [-0.2, -0.15) is 0 Å². The molecule has 7 aromatic carbocycles. The summed E-state index contributed by atoms with van der Waals surface area (Å²) in [6.45, 7) is 0. The normalized spacial score (nSPS) is 12.1. The zero-order chi connectivity index (χ0) is 32.1. The van der Waals surface area contributed by atoms with E-state index in [1.807, 2.05) is 24.3 Å². The molecule has 0 unspecified atom stereocenters. The second kappa shape index (κ2) is 9.89. The molecule has 0 saturated heterocycles. The molecule has 0 aliphatic carbocycles. The van der Waals surface area contributed by atoms with Crippen LogP contribution in [0.25, 0.3) is 99.5 Å². The second-order valence-electron chi connectivity index (χ2n) is 12.7. The zero-order valence-electron chi connectivity index (χ0n) is 26.2. The van der Waals surface area contributed by atoms with Crippen LogP contribution in [0.4, 0.5) is 0 Å². The molecule has 5 nitrogen and oxygen atoms in total. The SMILES string of the molecule is c1ccc2c(c1)nc(-n1c3ccccc3c3ccc(-c4ccc(-c5ccc6oc7ccccc7c6c5)cc4)cc31)n1c3ccccc3nc21. The van der Waals surface area contributed by atoms with Crippen molar-refractivity contribution in [1.82, 2.24) is 18.9 Å². The Morgan fingerprint density at radius 1 is 0.388 bits per heavy atom. The third-order valence-electron chi connectivity index (χ3n) is 9.93. The van der Waals surface area contributed by atoms with E-state index < -0.39 is 0 Å². The zero-order valence-corrected chi connectivity index (χ0v) is 26.2. The molecule has 0 bridgehead atoms. The molecule has 0 fully saturated rings. The number of hydrogen-bond donors (Lipinski definition) is 0. The molecule has 0 spiro atoms. The fourth-order valence-corrected chi connectivity index (χ4v) is 7.60. The Labute approximate surface area is 279 Å². The van der Waals surface area contributed by atoms with Crippen LogP contribution in [0.2, 0.25) is 0 Å². The van der Waals surface area contributed by atoms with Gasteiger partial charge in [0.2, 0.25) is 5.95 Å². The van der Waals surface area contributed by atoms with Crippen LogP contribution in [0, 0.1) is 0 Å². The number of fused-ring (bicyclic) bond motifs is 11. The van der Waals surface area contributed by atoms with Crippen LogP contribution in [-0.4, -0.2) is 18.9 Å². The van der Waals surface area contributed by atoms with E-state index in [4.69, 9.17) is 14.4 Å². The third kappa shape index (κ3) is 3.81. The summed E-state index contributed by atoms with van der Waals surface area (Å²) in [5.41, 5.74) is 12.5. The Morgan fingerprint density at radius 2 is 0.980 bits per heavy atom. The lowest BCUT2D eigenvalue weighted by Gasteiger charge is -2.13. The first-order chi connectivity index (χ1) is 24.3. The van der Waals surface area contributed by atoms with Gasteiger partial charge in [0.1, 0.15) is 16.8 Å². The number of aromatic nitrogens is 4. The van der Waals surface area contributed by atoms with Gasteiger partial charge in [0.25, 0.3) is 0 Å². The van der Waals surface area contributed by atoms with Crippen LogP contribution < -0.4 is 0 Å². The monoisotopic (exact) mass is 626 g/mol. The molecular weight excluding hydrogens is 601 g/mol. The summed E-state index contributed by atoms with van der Waals surface area (Å²) < 4.78 is 10.6.